The van der Waals surface area contributed by atoms with Gasteiger partial charge in [-0.3, -0.25) is 9.69 Å². The zero-order chi connectivity index (χ0) is 22.1. The van der Waals surface area contributed by atoms with Gasteiger partial charge < -0.3 is 9.30 Å². The van der Waals surface area contributed by atoms with E-state index in [-0.39, 0.29) is 5.43 Å². The van der Waals surface area contributed by atoms with Crippen LogP contribution < -0.4 is 10.2 Å². The van der Waals surface area contributed by atoms with Crippen LogP contribution in [-0.2, 0) is 32.7 Å². The first-order chi connectivity index (χ1) is 15.6. The predicted molar refractivity (Wildman–Crippen MR) is 128 cm³/mol. The molecule has 32 heavy (non-hydrogen) atoms. The van der Waals surface area contributed by atoms with Crippen LogP contribution >= 0.6 is 0 Å². The monoisotopic (exact) mass is 428 g/mol. The van der Waals surface area contributed by atoms with E-state index >= 15 is 0 Å². The standard InChI is InChI=1S/C28H32N2O2/c1-3-21-8-10-22(11-9-21)19-32-26-18-30-15-14-29(16-24-7-5-4-6-20(24)2)17-25(30)27(28(26)31)23-12-13-23/h4-11,18,23H,3,12-17,19H2,1-2H3. The second-order valence-corrected chi connectivity index (χ2v) is 9.25. The molecule has 1 aromatic heterocycles. The Labute approximate surface area is 190 Å². The average molecular weight is 429 g/mol. The fourth-order valence-electron chi connectivity index (χ4n) is 4.70. The number of aryl methyl sites for hydroxylation is 2. The molecule has 0 spiro atoms. The normalized spacial score (nSPS) is 16.1. The second kappa shape index (κ2) is 8.95. The molecular formula is C28H32N2O2. The van der Waals surface area contributed by atoms with E-state index in [1.165, 1.54) is 22.4 Å². The van der Waals surface area contributed by atoms with E-state index in [2.05, 4.69) is 71.8 Å². The van der Waals surface area contributed by atoms with Gasteiger partial charge in [0, 0.05) is 37.4 Å². The molecule has 166 valence electrons. The molecule has 0 amide bonds. The fraction of sp³-hybridized carbons (Fsp3) is 0.393. The zero-order valence-corrected chi connectivity index (χ0v) is 19.1. The van der Waals surface area contributed by atoms with Gasteiger partial charge in [-0.15, -0.1) is 0 Å². The van der Waals surface area contributed by atoms with E-state index in [0.29, 0.717) is 18.3 Å². The van der Waals surface area contributed by atoms with Crippen LogP contribution in [0.1, 0.15) is 59.2 Å². The molecule has 1 saturated carbocycles. The van der Waals surface area contributed by atoms with Gasteiger partial charge >= 0.3 is 0 Å². The maximum atomic E-state index is 13.4. The second-order valence-electron chi connectivity index (χ2n) is 9.25. The molecular weight excluding hydrogens is 396 g/mol. The summed E-state index contributed by atoms with van der Waals surface area (Å²) in [5.41, 5.74) is 7.39. The van der Waals surface area contributed by atoms with Crippen LogP contribution in [0.25, 0.3) is 0 Å². The summed E-state index contributed by atoms with van der Waals surface area (Å²) >= 11 is 0. The van der Waals surface area contributed by atoms with E-state index in [1.54, 1.807) is 0 Å². The zero-order valence-electron chi connectivity index (χ0n) is 19.1. The number of rotatable bonds is 7. The van der Waals surface area contributed by atoms with Crippen molar-refractivity contribution in [2.45, 2.75) is 65.3 Å². The highest BCUT2D eigenvalue weighted by atomic mass is 16.5. The van der Waals surface area contributed by atoms with Gasteiger partial charge in [0.1, 0.15) is 6.61 Å². The number of pyridine rings is 1. The first-order valence-corrected chi connectivity index (χ1v) is 11.9. The van der Waals surface area contributed by atoms with Crippen molar-refractivity contribution in [2.24, 2.45) is 0 Å². The minimum absolute atomic E-state index is 0.0988. The molecule has 2 aliphatic rings. The number of fused-ring (bicyclic) bond motifs is 1. The maximum absolute atomic E-state index is 13.4. The summed E-state index contributed by atoms with van der Waals surface area (Å²) in [5.74, 6) is 0.900. The highest BCUT2D eigenvalue weighted by Crippen LogP contribution is 2.41. The van der Waals surface area contributed by atoms with Gasteiger partial charge in [0.2, 0.25) is 5.43 Å². The van der Waals surface area contributed by atoms with E-state index in [9.17, 15) is 4.79 Å². The predicted octanol–water partition coefficient (Wildman–Crippen LogP) is 5.19. The van der Waals surface area contributed by atoms with Crippen LogP contribution in [0.15, 0.2) is 59.5 Å². The summed E-state index contributed by atoms with van der Waals surface area (Å²) < 4.78 is 8.35. The van der Waals surface area contributed by atoms with E-state index in [0.717, 1.165) is 56.6 Å². The van der Waals surface area contributed by atoms with Crippen LogP contribution in [0.5, 0.6) is 5.75 Å². The van der Waals surface area contributed by atoms with Crippen molar-refractivity contribution >= 4 is 0 Å². The lowest BCUT2D eigenvalue weighted by molar-refractivity contribution is 0.206. The van der Waals surface area contributed by atoms with E-state index in [1.807, 2.05) is 6.20 Å². The Kier molecular flexibility index (Phi) is 5.88. The maximum Gasteiger partial charge on any atom is 0.227 e. The topological polar surface area (TPSA) is 34.5 Å². The number of benzene rings is 2. The number of aromatic nitrogens is 1. The van der Waals surface area contributed by atoms with Gasteiger partial charge in [-0.1, -0.05) is 55.5 Å². The fourth-order valence-corrected chi connectivity index (χ4v) is 4.70. The molecule has 0 atom stereocenters. The molecule has 2 aromatic carbocycles. The quantitative estimate of drug-likeness (QED) is 0.519. The molecule has 2 heterocycles. The Hall–Kier alpha value is -2.85. The number of hydrogen-bond acceptors (Lipinski definition) is 3. The Bertz CT molecular complexity index is 1160. The van der Waals surface area contributed by atoms with Crippen molar-refractivity contribution in [3.8, 4) is 5.75 Å². The van der Waals surface area contributed by atoms with E-state index < -0.39 is 0 Å². The molecule has 0 N–H and O–H groups in total. The summed E-state index contributed by atoms with van der Waals surface area (Å²) in [4.78, 5) is 15.9. The van der Waals surface area contributed by atoms with Crippen molar-refractivity contribution in [3.63, 3.8) is 0 Å². The molecule has 5 rings (SSSR count). The van der Waals surface area contributed by atoms with Crippen LogP contribution in [-0.4, -0.2) is 16.0 Å². The number of nitrogens with zero attached hydrogens (tertiary/aromatic N) is 2. The largest absolute Gasteiger partial charge is 0.483 e. The summed E-state index contributed by atoms with van der Waals surface area (Å²) in [6.45, 7) is 8.39. The Balaban J connectivity index is 1.38. The molecule has 1 fully saturated rings. The van der Waals surface area contributed by atoms with Gasteiger partial charge in [0.15, 0.2) is 5.75 Å². The lowest BCUT2D eigenvalue weighted by Crippen LogP contribution is -2.36. The molecule has 3 aromatic rings. The highest BCUT2D eigenvalue weighted by molar-refractivity contribution is 5.37. The molecule has 1 aliphatic carbocycles. The van der Waals surface area contributed by atoms with Crippen LogP contribution in [0, 0.1) is 6.92 Å². The molecule has 0 radical (unpaired) electrons. The Morgan fingerprint density at radius 3 is 2.47 bits per heavy atom. The van der Waals surface area contributed by atoms with Crippen LogP contribution in [0.2, 0.25) is 0 Å². The van der Waals surface area contributed by atoms with Gasteiger partial charge in [0.05, 0.1) is 6.20 Å². The van der Waals surface area contributed by atoms with Crippen molar-refractivity contribution < 1.29 is 4.74 Å². The number of ether oxygens (including phenoxy) is 1. The van der Waals surface area contributed by atoms with Crippen molar-refractivity contribution in [1.82, 2.24) is 9.47 Å². The van der Waals surface area contributed by atoms with Crippen LogP contribution in [0.4, 0.5) is 0 Å². The Morgan fingerprint density at radius 2 is 1.75 bits per heavy atom. The molecule has 0 bridgehead atoms. The SMILES string of the molecule is CCc1ccc(COc2cn3c(c(C4CC4)c2=O)CN(Cc2ccccc2C)CC3)cc1. The van der Waals surface area contributed by atoms with Gasteiger partial charge in [-0.2, -0.15) is 0 Å². The molecule has 4 nitrogen and oxygen atoms in total. The lowest BCUT2D eigenvalue weighted by Gasteiger charge is -2.32. The van der Waals surface area contributed by atoms with Crippen LogP contribution in [0.3, 0.4) is 0 Å². The third kappa shape index (κ3) is 4.37. The third-order valence-corrected chi connectivity index (χ3v) is 6.90. The third-order valence-electron chi connectivity index (χ3n) is 6.90. The van der Waals surface area contributed by atoms with Crippen molar-refractivity contribution in [3.05, 3.63) is 98.5 Å². The van der Waals surface area contributed by atoms with Gasteiger partial charge in [0.25, 0.3) is 0 Å². The average Bonchev–Trinajstić information content (AvgIpc) is 3.65. The first kappa shape index (κ1) is 21.0. The molecule has 0 unspecified atom stereocenters. The highest BCUT2D eigenvalue weighted by Gasteiger charge is 2.33. The Morgan fingerprint density at radius 1 is 1.00 bits per heavy atom. The van der Waals surface area contributed by atoms with Gasteiger partial charge in [-0.25, -0.2) is 0 Å². The molecule has 0 saturated heterocycles. The molecule has 1 aliphatic heterocycles. The lowest BCUT2D eigenvalue weighted by atomic mass is 10.0. The summed E-state index contributed by atoms with van der Waals surface area (Å²) in [5, 5.41) is 0. The van der Waals surface area contributed by atoms with Crippen molar-refractivity contribution in [2.75, 3.05) is 6.54 Å². The summed E-state index contributed by atoms with van der Waals surface area (Å²) in [6, 6.07) is 17.1. The van der Waals surface area contributed by atoms with Gasteiger partial charge in [-0.05, 0) is 54.4 Å². The summed E-state index contributed by atoms with van der Waals surface area (Å²) in [7, 11) is 0. The summed E-state index contributed by atoms with van der Waals surface area (Å²) in [6.07, 6.45) is 5.21. The number of hydrogen-bond donors (Lipinski definition) is 0. The van der Waals surface area contributed by atoms with Crippen molar-refractivity contribution in [1.29, 1.82) is 0 Å². The van der Waals surface area contributed by atoms with E-state index in [4.69, 9.17) is 4.74 Å². The smallest absolute Gasteiger partial charge is 0.227 e. The minimum Gasteiger partial charge on any atom is -0.483 e. The minimum atomic E-state index is 0.0988. The first-order valence-electron chi connectivity index (χ1n) is 11.9. The molecule has 4 heteroatoms.